The van der Waals surface area contributed by atoms with Crippen LogP contribution in [0.25, 0.3) is 0 Å². The topological polar surface area (TPSA) is 58.6 Å². The van der Waals surface area contributed by atoms with E-state index in [-0.39, 0.29) is 0 Å². The van der Waals surface area contributed by atoms with Crippen molar-refractivity contribution < 1.29 is 27.8 Å². The molecule has 7 heteroatoms. The van der Waals surface area contributed by atoms with Gasteiger partial charge in [-0.15, -0.1) is 12.8 Å². The van der Waals surface area contributed by atoms with Crippen LogP contribution in [0.15, 0.2) is 0 Å². The highest BCUT2D eigenvalue weighted by atomic mass is 19.4. The normalized spacial score (nSPS) is 17.9. The largest absolute Gasteiger partial charge is 0.490 e. The van der Waals surface area contributed by atoms with Crippen LogP contribution in [0, 0.1) is 24.7 Å². The third-order valence-electron chi connectivity index (χ3n) is 1.73. The van der Waals surface area contributed by atoms with Crippen molar-refractivity contribution in [2.45, 2.75) is 11.7 Å². The van der Waals surface area contributed by atoms with Gasteiger partial charge in [0.1, 0.15) is 0 Å². The van der Waals surface area contributed by atoms with Gasteiger partial charge in [0.05, 0.1) is 13.2 Å². The van der Waals surface area contributed by atoms with E-state index in [1.807, 2.05) is 0 Å². The molecule has 4 nitrogen and oxygen atoms in total. The van der Waals surface area contributed by atoms with Gasteiger partial charge in [0, 0.05) is 6.54 Å². The first kappa shape index (κ1) is 15.3. The number of nitrogens with one attached hydrogen (secondary N) is 1. The van der Waals surface area contributed by atoms with Crippen LogP contribution in [0.4, 0.5) is 13.2 Å². The number of halogens is 3. The number of hydrogen-bond acceptors (Lipinski definition) is 3. The van der Waals surface area contributed by atoms with Gasteiger partial charge in [0.25, 0.3) is 0 Å². The standard InChI is InChI=1S/C8H9NO.C2HF3O2/c1-3-8(4-2)7-10-6-5-9-8;3-2(4,5)1(6)7/h1-2,9H,5-7H2;(H,6,7). The molecule has 1 saturated heterocycles. The average Bonchev–Trinajstić information content (AvgIpc) is 2.29. The van der Waals surface area contributed by atoms with Crippen LogP contribution in [0.5, 0.6) is 0 Å². The molecule has 0 aromatic rings. The quantitative estimate of drug-likeness (QED) is 0.604. The molecular weight excluding hydrogens is 239 g/mol. The van der Waals surface area contributed by atoms with Crippen LogP contribution in [-0.2, 0) is 9.53 Å². The first-order valence-electron chi connectivity index (χ1n) is 4.36. The highest BCUT2D eigenvalue weighted by Crippen LogP contribution is 2.13. The van der Waals surface area contributed by atoms with E-state index in [1.165, 1.54) is 0 Å². The zero-order valence-corrected chi connectivity index (χ0v) is 8.67. The Labute approximate surface area is 96.1 Å². The summed E-state index contributed by atoms with van der Waals surface area (Å²) in [5, 5.41) is 10.2. The Morgan fingerprint density at radius 2 is 1.88 bits per heavy atom. The number of aliphatic carboxylic acids is 1. The van der Waals surface area contributed by atoms with Crippen molar-refractivity contribution in [3.05, 3.63) is 0 Å². The van der Waals surface area contributed by atoms with E-state index in [4.69, 9.17) is 27.5 Å². The van der Waals surface area contributed by atoms with Crippen molar-refractivity contribution in [1.29, 1.82) is 0 Å². The molecule has 0 spiro atoms. The molecule has 1 heterocycles. The molecule has 94 valence electrons. The fourth-order valence-corrected chi connectivity index (χ4v) is 0.840. The lowest BCUT2D eigenvalue weighted by Crippen LogP contribution is -2.52. The number of carboxylic acid groups (broad SMARTS) is 1. The van der Waals surface area contributed by atoms with Gasteiger partial charge in [-0.05, 0) is 0 Å². The third-order valence-corrected chi connectivity index (χ3v) is 1.73. The van der Waals surface area contributed by atoms with Gasteiger partial charge < -0.3 is 9.84 Å². The van der Waals surface area contributed by atoms with Gasteiger partial charge in [0.2, 0.25) is 0 Å². The summed E-state index contributed by atoms with van der Waals surface area (Å²) in [6, 6.07) is 0. The van der Waals surface area contributed by atoms with Gasteiger partial charge in [-0.1, -0.05) is 11.8 Å². The minimum absolute atomic E-state index is 0.417. The number of rotatable bonds is 0. The molecule has 0 aromatic heterocycles. The monoisotopic (exact) mass is 249 g/mol. The summed E-state index contributed by atoms with van der Waals surface area (Å²) in [5.41, 5.74) is -0.655. The first-order chi connectivity index (χ1) is 7.77. The molecule has 2 N–H and O–H groups in total. The Morgan fingerprint density at radius 3 is 2.06 bits per heavy atom. The van der Waals surface area contributed by atoms with Gasteiger partial charge >= 0.3 is 12.1 Å². The zero-order valence-electron chi connectivity index (χ0n) is 8.67. The van der Waals surface area contributed by atoms with E-state index in [9.17, 15) is 13.2 Å². The molecule has 0 aliphatic carbocycles. The minimum Gasteiger partial charge on any atom is -0.475 e. The number of carboxylic acids is 1. The molecule has 1 rings (SSSR count). The number of ether oxygens (including phenoxy) is 1. The van der Waals surface area contributed by atoms with Crippen molar-refractivity contribution >= 4 is 5.97 Å². The predicted octanol–water partition coefficient (Wildman–Crippen LogP) is 0.245. The van der Waals surface area contributed by atoms with E-state index in [2.05, 4.69) is 17.2 Å². The molecule has 0 aromatic carbocycles. The van der Waals surface area contributed by atoms with Crippen LogP contribution < -0.4 is 5.32 Å². The maximum Gasteiger partial charge on any atom is 0.490 e. The van der Waals surface area contributed by atoms with Crippen molar-refractivity contribution in [3.63, 3.8) is 0 Å². The molecule has 1 aliphatic heterocycles. The molecule has 17 heavy (non-hydrogen) atoms. The maximum atomic E-state index is 10.6. The van der Waals surface area contributed by atoms with Crippen molar-refractivity contribution in [1.82, 2.24) is 5.32 Å². The number of hydrogen-bond donors (Lipinski definition) is 2. The second-order valence-electron chi connectivity index (χ2n) is 2.98. The molecule has 0 radical (unpaired) electrons. The Hall–Kier alpha value is -1.70. The van der Waals surface area contributed by atoms with Crippen LogP contribution in [0.2, 0.25) is 0 Å². The fourth-order valence-electron chi connectivity index (χ4n) is 0.840. The molecule has 0 amide bonds. The summed E-state index contributed by atoms with van der Waals surface area (Å²) >= 11 is 0. The van der Waals surface area contributed by atoms with Crippen molar-refractivity contribution in [3.8, 4) is 24.7 Å². The predicted molar refractivity (Wildman–Crippen MR) is 52.9 cm³/mol. The summed E-state index contributed by atoms with van der Waals surface area (Å²) in [6.45, 7) is 1.83. The minimum atomic E-state index is -5.08. The van der Waals surface area contributed by atoms with E-state index < -0.39 is 17.7 Å². The Balaban J connectivity index is 0.000000325. The summed E-state index contributed by atoms with van der Waals surface area (Å²) < 4.78 is 36.9. The van der Waals surface area contributed by atoms with Gasteiger partial charge in [-0.2, -0.15) is 13.2 Å². The SMILES string of the molecule is C#CC1(C#C)COCCN1.O=C(O)C(F)(F)F. The Kier molecular flexibility index (Phi) is 5.52. The number of carbonyl (C=O) groups is 1. The summed E-state index contributed by atoms with van der Waals surface area (Å²) in [4.78, 5) is 8.90. The number of alkyl halides is 3. The van der Waals surface area contributed by atoms with Crippen LogP contribution >= 0.6 is 0 Å². The lowest BCUT2D eigenvalue weighted by molar-refractivity contribution is -0.192. The Morgan fingerprint density at radius 1 is 1.41 bits per heavy atom. The van der Waals surface area contributed by atoms with E-state index in [0.717, 1.165) is 6.54 Å². The molecule has 0 unspecified atom stereocenters. The summed E-state index contributed by atoms with van der Waals surface area (Å²) in [6.07, 6.45) is 5.34. The van der Waals surface area contributed by atoms with E-state index >= 15 is 0 Å². The molecule has 0 saturated carbocycles. The van der Waals surface area contributed by atoms with Gasteiger partial charge in [0.15, 0.2) is 5.54 Å². The smallest absolute Gasteiger partial charge is 0.475 e. The summed E-state index contributed by atoms with van der Waals surface area (Å²) in [7, 11) is 0. The van der Waals surface area contributed by atoms with Gasteiger partial charge in [-0.3, -0.25) is 5.32 Å². The lowest BCUT2D eigenvalue weighted by atomic mass is 10.0. The molecule has 1 fully saturated rings. The highest BCUT2D eigenvalue weighted by molar-refractivity contribution is 5.73. The molecule has 1 aliphatic rings. The fraction of sp³-hybridized carbons (Fsp3) is 0.500. The molecule has 0 bridgehead atoms. The summed E-state index contributed by atoms with van der Waals surface area (Å²) in [5.74, 6) is 2.23. The highest BCUT2D eigenvalue weighted by Gasteiger charge is 2.38. The first-order valence-corrected chi connectivity index (χ1v) is 4.36. The van der Waals surface area contributed by atoms with Crippen LogP contribution in [0.3, 0.4) is 0 Å². The maximum absolute atomic E-state index is 10.6. The van der Waals surface area contributed by atoms with E-state index in [0.29, 0.717) is 13.2 Å². The van der Waals surface area contributed by atoms with Crippen LogP contribution in [0.1, 0.15) is 0 Å². The zero-order chi connectivity index (χ0) is 13.5. The second kappa shape index (κ2) is 6.14. The molecule has 0 atom stereocenters. The van der Waals surface area contributed by atoms with Crippen molar-refractivity contribution in [2.75, 3.05) is 19.8 Å². The van der Waals surface area contributed by atoms with Gasteiger partial charge in [-0.25, -0.2) is 4.79 Å². The Bertz CT molecular complexity index is 329. The van der Waals surface area contributed by atoms with Crippen LogP contribution in [-0.4, -0.2) is 42.5 Å². The average molecular weight is 249 g/mol. The van der Waals surface area contributed by atoms with E-state index in [1.54, 1.807) is 0 Å². The second-order valence-corrected chi connectivity index (χ2v) is 2.98. The number of terminal acetylenes is 2. The number of morpholine rings is 1. The third kappa shape index (κ3) is 5.25. The lowest BCUT2D eigenvalue weighted by Gasteiger charge is -2.28. The van der Waals surface area contributed by atoms with Crippen molar-refractivity contribution in [2.24, 2.45) is 0 Å². The molecular formula is C10H10F3NO3.